The Morgan fingerprint density at radius 1 is 1.03 bits per heavy atom. The van der Waals surface area contributed by atoms with Crippen LogP contribution < -0.4 is 0 Å². The lowest BCUT2D eigenvalue weighted by Gasteiger charge is -2.20. The Morgan fingerprint density at radius 2 is 1.81 bits per heavy atom. The minimum Gasteiger partial charge on any atom is -0.359 e. The van der Waals surface area contributed by atoms with Crippen molar-refractivity contribution in [3.05, 3.63) is 46.7 Å². The van der Waals surface area contributed by atoms with E-state index in [1.807, 2.05) is 17.1 Å². The van der Waals surface area contributed by atoms with Crippen molar-refractivity contribution in [3.63, 3.8) is 0 Å². The summed E-state index contributed by atoms with van der Waals surface area (Å²) in [6, 6.07) is 0. The first kappa shape index (κ1) is 24.9. The van der Waals surface area contributed by atoms with Crippen LogP contribution in [-0.4, -0.2) is 68.5 Å². The van der Waals surface area contributed by atoms with E-state index in [4.69, 9.17) is 4.55 Å². The van der Waals surface area contributed by atoms with Crippen molar-refractivity contribution in [2.24, 2.45) is 0 Å². The van der Waals surface area contributed by atoms with Gasteiger partial charge in [-0.2, -0.15) is 16.8 Å². The minimum atomic E-state index is -4.04. The van der Waals surface area contributed by atoms with Gasteiger partial charge >= 0.3 is 10.1 Å². The van der Waals surface area contributed by atoms with E-state index in [-0.39, 0.29) is 11.8 Å². The number of allylic oxidation sites excluding steroid dienone is 8. The van der Waals surface area contributed by atoms with E-state index < -0.39 is 20.2 Å². The monoisotopic (exact) mass is 485 g/mol. The molecule has 0 radical (unpaired) electrons. The zero-order chi connectivity index (χ0) is 23.4. The Balaban J connectivity index is 1.78. The Morgan fingerprint density at radius 3 is 2.53 bits per heavy atom. The molecule has 0 bridgehead atoms. The van der Waals surface area contributed by atoms with Crippen molar-refractivity contribution in [2.75, 3.05) is 32.0 Å². The molecule has 10 heteroatoms. The second-order valence-electron chi connectivity index (χ2n) is 8.48. The highest BCUT2D eigenvalue weighted by Crippen LogP contribution is 2.31. The molecule has 1 aliphatic carbocycles. The van der Waals surface area contributed by atoms with E-state index in [0.717, 1.165) is 56.4 Å². The molecule has 1 saturated heterocycles. The van der Waals surface area contributed by atoms with E-state index in [1.165, 1.54) is 23.8 Å². The lowest BCUT2D eigenvalue weighted by molar-refractivity contribution is -0.500. The zero-order valence-electron chi connectivity index (χ0n) is 18.8. The maximum atomic E-state index is 11.8. The van der Waals surface area contributed by atoms with Crippen LogP contribution in [0.1, 0.15) is 51.9 Å². The van der Waals surface area contributed by atoms with Gasteiger partial charge in [0.2, 0.25) is 0 Å². The summed E-state index contributed by atoms with van der Waals surface area (Å²) in [6.45, 7) is 3.44. The molecule has 8 nitrogen and oxygen atoms in total. The van der Waals surface area contributed by atoms with Gasteiger partial charge in [-0.1, -0.05) is 12.2 Å². The third kappa shape index (κ3) is 6.87. The molecule has 178 valence electrons. The van der Waals surface area contributed by atoms with Crippen LogP contribution in [0.4, 0.5) is 0 Å². The standard InChI is InChI=1S/C22H32N2O6S2/c1-18-19(10-12-21-8-4-14-23(21)16-31(25,26)27)6-3-7-20(18)11-13-22-9-5-15-24(22)17-32(28,29)30-2/h10-13H,3-9,14-17H2,1-2H3/p+1. The molecule has 0 aromatic rings. The molecule has 0 aromatic carbocycles. The summed E-state index contributed by atoms with van der Waals surface area (Å²) in [5.74, 6) is -0.487. The molecular weight excluding hydrogens is 452 g/mol. The van der Waals surface area contributed by atoms with Gasteiger partial charge in [0.15, 0.2) is 5.71 Å². The molecule has 0 aromatic heterocycles. The second-order valence-corrected chi connectivity index (χ2v) is 11.6. The number of nitrogens with zero attached hydrogens (tertiary/aromatic N) is 2. The van der Waals surface area contributed by atoms with E-state index in [2.05, 4.69) is 23.3 Å². The summed E-state index contributed by atoms with van der Waals surface area (Å²) in [6.07, 6.45) is 14.6. The molecule has 3 rings (SSSR count). The summed E-state index contributed by atoms with van der Waals surface area (Å²) < 4.78 is 61.6. The van der Waals surface area contributed by atoms with E-state index in [1.54, 1.807) is 4.58 Å². The summed E-state index contributed by atoms with van der Waals surface area (Å²) in [4.78, 5) is 1.86. The largest absolute Gasteiger partial charge is 0.359 e. The van der Waals surface area contributed by atoms with Gasteiger partial charge in [-0.15, -0.1) is 0 Å². The topological polar surface area (TPSA) is 104 Å². The first-order chi connectivity index (χ1) is 15.1. The first-order valence-electron chi connectivity index (χ1n) is 10.9. The van der Waals surface area contributed by atoms with Crippen molar-refractivity contribution in [1.29, 1.82) is 0 Å². The average Bonchev–Trinajstić information content (AvgIpc) is 3.34. The highest BCUT2D eigenvalue weighted by Gasteiger charge is 2.25. The number of hydrogen-bond donors (Lipinski definition) is 1. The fourth-order valence-electron chi connectivity index (χ4n) is 4.48. The lowest BCUT2D eigenvalue weighted by atomic mass is 9.87. The predicted octanol–water partition coefficient (Wildman–Crippen LogP) is 2.98. The number of likely N-dealkylation sites (tertiary alicyclic amines) is 1. The summed E-state index contributed by atoms with van der Waals surface area (Å²) in [5, 5.41) is 0. The Bertz CT molecular complexity index is 1100. The van der Waals surface area contributed by atoms with Gasteiger partial charge in [0.25, 0.3) is 16.0 Å². The summed E-state index contributed by atoms with van der Waals surface area (Å²) in [5.41, 5.74) is 5.60. The Labute approximate surface area is 191 Å². The van der Waals surface area contributed by atoms with Gasteiger partial charge in [-0.25, -0.2) is 4.58 Å². The molecule has 32 heavy (non-hydrogen) atoms. The van der Waals surface area contributed by atoms with E-state index >= 15 is 0 Å². The molecule has 0 atom stereocenters. The van der Waals surface area contributed by atoms with Gasteiger partial charge in [0, 0.05) is 31.2 Å². The molecule has 3 aliphatic rings. The highest BCUT2D eigenvalue weighted by molar-refractivity contribution is 7.86. The molecule has 0 amide bonds. The van der Waals surface area contributed by atoms with Gasteiger partial charge in [-0.3, -0.25) is 8.74 Å². The third-order valence-electron chi connectivity index (χ3n) is 6.23. The van der Waals surface area contributed by atoms with Gasteiger partial charge in [-0.05, 0) is 61.8 Å². The molecule has 1 fully saturated rings. The maximum absolute atomic E-state index is 11.8. The van der Waals surface area contributed by atoms with Gasteiger partial charge in [0.05, 0.1) is 7.11 Å². The third-order valence-corrected chi connectivity index (χ3v) is 8.00. The van der Waals surface area contributed by atoms with Crippen molar-refractivity contribution < 1.29 is 30.1 Å². The van der Waals surface area contributed by atoms with Crippen molar-refractivity contribution >= 4 is 25.9 Å². The van der Waals surface area contributed by atoms with Crippen molar-refractivity contribution in [2.45, 2.75) is 51.9 Å². The van der Waals surface area contributed by atoms with E-state index in [0.29, 0.717) is 13.1 Å². The predicted molar refractivity (Wildman–Crippen MR) is 124 cm³/mol. The molecular formula is C22H33N2O6S2+. The number of hydrogen-bond acceptors (Lipinski definition) is 6. The molecule has 2 heterocycles. The van der Waals surface area contributed by atoms with Crippen LogP contribution in [-0.2, 0) is 24.4 Å². The molecule has 0 saturated carbocycles. The minimum absolute atomic E-state index is 0.125. The second kappa shape index (κ2) is 10.5. The van der Waals surface area contributed by atoms with Crippen LogP contribution in [0, 0.1) is 0 Å². The quantitative estimate of drug-likeness (QED) is 0.320. The SMILES string of the molecule is COS(=O)(=O)CN1CCC/C1=C\C=C1/CCCC(/C=C/C2=[N+](CS(=O)(=O)O)CCC2)=C1C. The van der Waals surface area contributed by atoms with Crippen molar-refractivity contribution in [3.8, 4) is 0 Å². The average molecular weight is 486 g/mol. The van der Waals surface area contributed by atoms with Crippen LogP contribution in [0.15, 0.2) is 46.7 Å². The zero-order valence-corrected chi connectivity index (χ0v) is 20.4. The van der Waals surface area contributed by atoms with E-state index in [9.17, 15) is 16.8 Å². The summed E-state index contributed by atoms with van der Waals surface area (Å²) >= 11 is 0. The fraction of sp³-hybridized carbons (Fsp3) is 0.591. The smallest absolute Gasteiger partial charge is 0.326 e. The molecule has 0 spiro atoms. The summed E-state index contributed by atoms with van der Waals surface area (Å²) in [7, 11) is -6.40. The van der Waals surface area contributed by atoms with Crippen LogP contribution in [0.5, 0.6) is 0 Å². The van der Waals surface area contributed by atoms with Crippen LogP contribution in [0.25, 0.3) is 0 Å². The molecule has 0 unspecified atom stereocenters. The Hall–Kier alpha value is -1.75. The lowest BCUT2D eigenvalue weighted by Crippen LogP contribution is -2.26. The maximum Gasteiger partial charge on any atom is 0.326 e. The first-order valence-corrected chi connectivity index (χ1v) is 14.1. The van der Waals surface area contributed by atoms with Crippen LogP contribution in [0.3, 0.4) is 0 Å². The highest BCUT2D eigenvalue weighted by atomic mass is 32.2. The van der Waals surface area contributed by atoms with Crippen LogP contribution in [0.2, 0.25) is 0 Å². The van der Waals surface area contributed by atoms with Crippen molar-refractivity contribution in [1.82, 2.24) is 4.90 Å². The molecule has 1 N–H and O–H groups in total. The van der Waals surface area contributed by atoms with Gasteiger partial charge < -0.3 is 4.90 Å². The number of rotatable bonds is 8. The van der Waals surface area contributed by atoms with Gasteiger partial charge in [0.1, 0.15) is 12.4 Å². The molecule has 2 aliphatic heterocycles. The normalized spacial score (nSPS) is 23.5. The fourth-order valence-corrected chi connectivity index (χ4v) is 5.95. The van der Waals surface area contributed by atoms with Crippen LogP contribution >= 0.6 is 0 Å². The Kier molecular flexibility index (Phi) is 8.13.